The van der Waals surface area contributed by atoms with E-state index in [0.717, 1.165) is 32.2 Å². The van der Waals surface area contributed by atoms with Crippen molar-refractivity contribution < 1.29 is 14.3 Å². The summed E-state index contributed by atoms with van der Waals surface area (Å²) in [6, 6.07) is 0.329. The van der Waals surface area contributed by atoms with Crippen LogP contribution in [0.15, 0.2) is 0 Å². The molecule has 6 unspecified atom stereocenters. The van der Waals surface area contributed by atoms with Gasteiger partial charge in [-0.25, -0.2) is 4.79 Å². The van der Waals surface area contributed by atoms with Crippen LogP contribution in [0.25, 0.3) is 0 Å². The van der Waals surface area contributed by atoms with Crippen LogP contribution in [-0.2, 0) is 9.47 Å². The third kappa shape index (κ3) is 4.54. The van der Waals surface area contributed by atoms with Crippen molar-refractivity contribution in [2.75, 3.05) is 13.3 Å². The molecule has 132 valence electrons. The summed E-state index contributed by atoms with van der Waals surface area (Å²) in [7, 11) is 0. The predicted molar refractivity (Wildman–Crippen MR) is 85.5 cm³/mol. The quantitative estimate of drug-likeness (QED) is 0.490. The van der Waals surface area contributed by atoms with E-state index in [1.165, 1.54) is 0 Å². The third-order valence-electron chi connectivity index (χ3n) is 4.76. The maximum absolute atomic E-state index is 12.2. The smallest absolute Gasteiger partial charge is 0.317 e. The molecule has 0 aromatic rings. The van der Waals surface area contributed by atoms with Crippen LogP contribution in [0.3, 0.4) is 0 Å². The van der Waals surface area contributed by atoms with E-state index in [9.17, 15) is 4.79 Å². The highest BCUT2D eigenvalue weighted by Gasteiger charge is 2.36. The van der Waals surface area contributed by atoms with Crippen molar-refractivity contribution in [3.8, 4) is 0 Å². The van der Waals surface area contributed by atoms with Crippen molar-refractivity contribution in [2.24, 2.45) is 0 Å². The Kier molecular flexibility index (Phi) is 5.71. The summed E-state index contributed by atoms with van der Waals surface area (Å²) in [5, 5.41) is 16.1. The van der Waals surface area contributed by atoms with Gasteiger partial charge < -0.3 is 25.4 Å². The maximum Gasteiger partial charge on any atom is 0.317 e. The van der Waals surface area contributed by atoms with E-state index in [1.54, 1.807) is 0 Å². The number of hydrogen-bond donors (Lipinski definition) is 5. The summed E-state index contributed by atoms with van der Waals surface area (Å²) in [6.45, 7) is 5.48. The van der Waals surface area contributed by atoms with E-state index in [-0.39, 0.29) is 36.7 Å². The lowest BCUT2D eigenvalue weighted by molar-refractivity contribution is 0.0393. The molecule has 1 aliphatic carbocycles. The zero-order chi connectivity index (χ0) is 16.2. The molecule has 3 rings (SSSR count). The molecule has 0 radical (unpaired) electrons. The first kappa shape index (κ1) is 16.9. The van der Waals surface area contributed by atoms with Crippen LogP contribution in [0.2, 0.25) is 0 Å². The van der Waals surface area contributed by atoms with Crippen molar-refractivity contribution in [2.45, 2.75) is 76.3 Å². The fourth-order valence-electron chi connectivity index (χ4n) is 3.67. The SMILES string of the molecule is CCNC1CC(C)NC(NC(=O)NC2CCC3OCOC3C2)N1. The van der Waals surface area contributed by atoms with Crippen LogP contribution in [0.4, 0.5) is 4.79 Å². The molecule has 2 amide bonds. The van der Waals surface area contributed by atoms with Gasteiger partial charge in [0.15, 0.2) is 0 Å². The Bertz CT molecular complexity index is 411. The van der Waals surface area contributed by atoms with Gasteiger partial charge in [-0.05, 0) is 39.2 Å². The normalized spacial score (nSPS) is 40.4. The van der Waals surface area contributed by atoms with Gasteiger partial charge in [-0.3, -0.25) is 10.6 Å². The molecule has 2 aliphatic heterocycles. The number of rotatable bonds is 4. The molecule has 0 spiro atoms. The first-order chi connectivity index (χ1) is 11.1. The fraction of sp³-hybridized carbons (Fsp3) is 0.933. The standard InChI is InChI=1S/C15H29N5O3/c1-3-16-13-6-9(2)17-14(19-13)20-15(21)18-10-4-5-11-12(7-10)23-8-22-11/h9-14,16-17,19H,3-8H2,1-2H3,(H2,18,20,21). The molecule has 0 aromatic carbocycles. The number of hydrogen-bond acceptors (Lipinski definition) is 6. The van der Waals surface area contributed by atoms with Crippen LogP contribution in [-0.4, -0.2) is 56.1 Å². The highest BCUT2D eigenvalue weighted by atomic mass is 16.7. The molecule has 2 saturated heterocycles. The van der Waals surface area contributed by atoms with Gasteiger partial charge in [0.2, 0.25) is 0 Å². The second-order valence-corrected chi connectivity index (χ2v) is 6.67. The molecule has 3 aliphatic rings. The van der Waals surface area contributed by atoms with Gasteiger partial charge in [-0.2, -0.15) is 0 Å². The molecule has 0 aromatic heterocycles. The minimum atomic E-state index is -0.231. The topological polar surface area (TPSA) is 95.7 Å². The second-order valence-electron chi connectivity index (χ2n) is 6.67. The van der Waals surface area contributed by atoms with E-state index in [0.29, 0.717) is 12.8 Å². The minimum Gasteiger partial charge on any atom is -0.349 e. The van der Waals surface area contributed by atoms with Gasteiger partial charge in [-0.1, -0.05) is 6.92 Å². The van der Waals surface area contributed by atoms with E-state index in [1.807, 2.05) is 0 Å². The Morgan fingerprint density at radius 1 is 1.13 bits per heavy atom. The van der Waals surface area contributed by atoms with E-state index in [2.05, 4.69) is 40.4 Å². The molecular formula is C15H29N5O3. The predicted octanol–water partition coefficient (Wildman–Crippen LogP) is -0.230. The lowest BCUT2D eigenvalue weighted by Gasteiger charge is -2.37. The van der Waals surface area contributed by atoms with Gasteiger partial charge in [0.25, 0.3) is 0 Å². The Balaban J connectivity index is 1.43. The second kappa shape index (κ2) is 7.76. The average molecular weight is 327 g/mol. The fourth-order valence-corrected chi connectivity index (χ4v) is 3.67. The molecule has 2 heterocycles. The van der Waals surface area contributed by atoms with Crippen LogP contribution in [0.5, 0.6) is 0 Å². The van der Waals surface area contributed by atoms with Crippen molar-refractivity contribution in [3.63, 3.8) is 0 Å². The number of urea groups is 1. The Hall–Kier alpha value is -0.930. The van der Waals surface area contributed by atoms with Gasteiger partial charge in [-0.15, -0.1) is 0 Å². The van der Waals surface area contributed by atoms with Crippen LogP contribution in [0.1, 0.15) is 39.5 Å². The van der Waals surface area contributed by atoms with Crippen molar-refractivity contribution in [1.82, 2.24) is 26.6 Å². The molecule has 5 N–H and O–H groups in total. The summed E-state index contributed by atoms with van der Waals surface area (Å²) < 4.78 is 11.0. The largest absolute Gasteiger partial charge is 0.349 e. The first-order valence-electron chi connectivity index (χ1n) is 8.69. The van der Waals surface area contributed by atoms with Gasteiger partial charge in [0.05, 0.1) is 18.4 Å². The monoisotopic (exact) mass is 327 g/mol. The van der Waals surface area contributed by atoms with Gasteiger partial charge in [0, 0.05) is 12.1 Å². The zero-order valence-corrected chi connectivity index (χ0v) is 13.9. The van der Waals surface area contributed by atoms with Crippen molar-refractivity contribution in [1.29, 1.82) is 0 Å². The van der Waals surface area contributed by atoms with E-state index < -0.39 is 0 Å². The average Bonchev–Trinajstić information content (AvgIpc) is 2.94. The number of fused-ring (bicyclic) bond motifs is 1. The molecule has 6 atom stereocenters. The first-order valence-corrected chi connectivity index (χ1v) is 8.69. The lowest BCUT2D eigenvalue weighted by atomic mass is 9.91. The summed E-state index contributed by atoms with van der Waals surface area (Å²) in [5.41, 5.74) is 0. The number of nitrogens with one attached hydrogen (secondary N) is 5. The maximum atomic E-state index is 12.2. The van der Waals surface area contributed by atoms with Crippen molar-refractivity contribution >= 4 is 6.03 Å². The summed E-state index contributed by atoms with van der Waals surface area (Å²) in [6.07, 6.45) is 3.98. The number of amides is 2. The molecule has 0 bridgehead atoms. The number of ether oxygens (including phenoxy) is 2. The molecule has 23 heavy (non-hydrogen) atoms. The Morgan fingerprint density at radius 2 is 1.96 bits per heavy atom. The van der Waals surface area contributed by atoms with Crippen molar-refractivity contribution in [3.05, 3.63) is 0 Å². The molecule has 8 nitrogen and oxygen atoms in total. The molecule has 8 heteroatoms. The zero-order valence-electron chi connectivity index (χ0n) is 13.9. The summed E-state index contributed by atoms with van der Waals surface area (Å²) in [5.74, 6) is 0. The molecular weight excluding hydrogens is 298 g/mol. The summed E-state index contributed by atoms with van der Waals surface area (Å²) in [4.78, 5) is 12.2. The highest BCUT2D eigenvalue weighted by Crippen LogP contribution is 2.28. The van der Waals surface area contributed by atoms with Gasteiger partial charge in [0.1, 0.15) is 13.1 Å². The van der Waals surface area contributed by atoms with E-state index in [4.69, 9.17) is 9.47 Å². The Labute approximate surface area is 137 Å². The van der Waals surface area contributed by atoms with Crippen LogP contribution >= 0.6 is 0 Å². The lowest BCUT2D eigenvalue weighted by Crippen LogP contribution is -2.68. The molecule has 1 saturated carbocycles. The summed E-state index contributed by atoms with van der Waals surface area (Å²) >= 11 is 0. The minimum absolute atomic E-state index is 0.123. The van der Waals surface area contributed by atoms with Gasteiger partial charge >= 0.3 is 6.03 Å². The number of carbonyl (C=O) groups is 1. The van der Waals surface area contributed by atoms with Crippen LogP contribution in [0, 0.1) is 0 Å². The number of carbonyl (C=O) groups excluding carboxylic acids is 1. The third-order valence-corrected chi connectivity index (χ3v) is 4.76. The van der Waals surface area contributed by atoms with Crippen LogP contribution < -0.4 is 26.6 Å². The Morgan fingerprint density at radius 3 is 2.78 bits per heavy atom. The molecule has 3 fully saturated rings. The highest BCUT2D eigenvalue weighted by molar-refractivity contribution is 5.74. The van der Waals surface area contributed by atoms with E-state index >= 15 is 0 Å².